The van der Waals surface area contributed by atoms with E-state index in [1.54, 1.807) is 19.1 Å². The summed E-state index contributed by atoms with van der Waals surface area (Å²) in [5.74, 6) is 1.97. The second-order valence-corrected chi connectivity index (χ2v) is 6.18. The zero-order valence-electron chi connectivity index (χ0n) is 15.3. The topological polar surface area (TPSA) is 80.9 Å². The Bertz CT molecular complexity index is 731. The Labute approximate surface area is 152 Å². The largest absolute Gasteiger partial charge is 0.497 e. The number of anilines is 1. The molecule has 0 bridgehead atoms. The molecular formula is C18H24N4O4. The average molecular weight is 360 g/mol. The van der Waals surface area contributed by atoms with Gasteiger partial charge in [0.2, 0.25) is 11.8 Å². The van der Waals surface area contributed by atoms with Crippen molar-refractivity contribution in [2.75, 3.05) is 38.8 Å². The third kappa shape index (κ3) is 4.03. The third-order valence-corrected chi connectivity index (χ3v) is 4.54. The van der Waals surface area contributed by atoms with Crippen LogP contribution in [-0.4, -0.2) is 60.9 Å². The Morgan fingerprint density at radius 2 is 2.00 bits per heavy atom. The van der Waals surface area contributed by atoms with Crippen LogP contribution >= 0.6 is 0 Å². The number of piperazine rings is 1. The summed E-state index contributed by atoms with van der Waals surface area (Å²) in [4.78, 5) is 21.0. The quantitative estimate of drug-likeness (QED) is 0.740. The number of hydrogen-bond acceptors (Lipinski definition) is 7. The molecule has 0 radical (unpaired) electrons. The molecule has 0 aliphatic carbocycles. The standard InChI is InChI=1S/C18H24N4O4/c1-13-18(23)22(14-4-6-15(25-3)7-5-14)10-9-21(13)12-17-19-16(20-26-17)8-11-24-2/h4-7,13H,8-12H2,1-3H3/t13-/m1/s1. The van der Waals surface area contributed by atoms with Crippen molar-refractivity contribution in [3.63, 3.8) is 0 Å². The molecule has 1 aliphatic heterocycles. The molecule has 1 saturated heterocycles. The molecule has 1 aromatic carbocycles. The number of amides is 1. The van der Waals surface area contributed by atoms with Gasteiger partial charge in [-0.2, -0.15) is 4.98 Å². The van der Waals surface area contributed by atoms with Gasteiger partial charge in [0.1, 0.15) is 5.75 Å². The van der Waals surface area contributed by atoms with E-state index in [9.17, 15) is 4.79 Å². The van der Waals surface area contributed by atoms with E-state index in [0.29, 0.717) is 37.8 Å². The van der Waals surface area contributed by atoms with E-state index >= 15 is 0 Å². The number of ether oxygens (including phenoxy) is 2. The van der Waals surface area contributed by atoms with Crippen LogP contribution < -0.4 is 9.64 Å². The van der Waals surface area contributed by atoms with Crippen LogP contribution in [0.5, 0.6) is 5.75 Å². The van der Waals surface area contributed by atoms with Gasteiger partial charge in [0.15, 0.2) is 5.82 Å². The van der Waals surface area contributed by atoms with Crippen LogP contribution in [0, 0.1) is 0 Å². The number of aromatic nitrogens is 2. The predicted molar refractivity (Wildman–Crippen MR) is 95.1 cm³/mol. The van der Waals surface area contributed by atoms with Crippen molar-refractivity contribution in [1.29, 1.82) is 0 Å². The molecule has 8 heteroatoms. The van der Waals surface area contributed by atoms with Gasteiger partial charge in [-0.15, -0.1) is 0 Å². The van der Waals surface area contributed by atoms with Gasteiger partial charge in [0, 0.05) is 32.3 Å². The van der Waals surface area contributed by atoms with Gasteiger partial charge in [-0.3, -0.25) is 9.69 Å². The molecule has 1 aromatic heterocycles. The van der Waals surface area contributed by atoms with Gasteiger partial charge in [-0.05, 0) is 31.2 Å². The summed E-state index contributed by atoms with van der Waals surface area (Å²) in [5.41, 5.74) is 0.877. The summed E-state index contributed by atoms with van der Waals surface area (Å²) in [6.45, 7) is 4.26. The molecule has 1 atom stereocenters. The van der Waals surface area contributed by atoms with Crippen molar-refractivity contribution in [2.45, 2.75) is 25.9 Å². The fraction of sp³-hybridized carbons (Fsp3) is 0.500. The summed E-state index contributed by atoms with van der Waals surface area (Å²) in [6, 6.07) is 7.26. The van der Waals surface area contributed by atoms with E-state index in [1.165, 1.54) is 0 Å². The maximum atomic E-state index is 12.8. The van der Waals surface area contributed by atoms with Crippen LogP contribution in [0.2, 0.25) is 0 Å². The van der Waals surface area contributed by atoms with E-state index in [-0.39, 0.29) is 11.9 Å². The first-order valence-electron chi connectivity index (χ1n) is 8.62. The van der Waals surface area contributed by atoms with Crippen LogP contribution in [-0.2, 0) is 22.5 Å². The molecule has 2 aromatic rings. The molecule has 1 aliphatic rings. The van der Waals surface area contributed by atoms with Crippen molar-refractivity contribution >= 4 is 11.6 Å². The monoisotopic (exact) mass is 360 g/mol. The third-order valence-electron chi connectivity index (χ3n) is 4.54. The number of nitrogens with zero attached hydrogens (tertiary/aromatic N) is 4. The van der Waals surface area contributed by atoms with Gasteiger partial charge >= 0.3 is 0 Å². The minimum absolute atomic E-state index is 0.0561. The van der Waals surface area contributed by atoms with Crippen LogP contribution in [0.3, 0.4) is 0 Å². The van der Waals surface area contributed by atoms with Crippen molar-refractivity contribution < 1.29 is 18.8 Å². The Morgan fingerprint density at radius 3 is 2.69 bits per heavy atom. The van der Waals surface area contributed by atoms with E-state index in [1.807, 2.05) is 31.2 Å². The lowest BCUT2D eigenvalue weighted by atomic mass is 10.1. The highest BCUT2D eigenvalue weighted by atomic mass is 16.5. The van der Waals surface area contributed by atoms with E-state index in [2.05, 4.69) is 15.0 Å². The van der Waals surface area contributed by atoms with Gasteiger partial charge in [-0.1, -0.05) is 5.16 Å². The fourth-order valence-corrected chi connectivity index (χ4v) is 2.97. The summed E-state index contributed by atoms with van der Waals surface area (Å²) >= 11 is 0. The SMILES string of the molecule is COCCc1noc(CN2CCN(c3ccc(OC)cc3)C(=O)[C@H]2C)n1. The second-order valence-electron chi connectivity index (χ2n) is 6.18. The van der Waals surface area contributed by atoms with Crippen molar-refractivity contribution in [2.24, 2.45) is 0 Å². The second kappa shape index (κ2) is 8.29. The molecule has 0 N–H and O–H groups in total. The lowest BCUT2D eigenvalue weighted by Crippen LogP contribution is -2.55. The molecular weight excluding hydrogens is 336 g/mol. The number of rotatable bonds is 7. The average Bonchev–Trinajstić information content (AvgIpc) is 3.11. The lowest BCUT2D eigenvalue weighted by molar-refractivity contribution is -0.125. The van der Waals surface area contributed by atoms with Crippen LogP contribution in [0.4, 0.5) is 5.69 Å². The summed E-state index contributed by atoms with van der Waals surface area (Å²) < 4.78 is 15.5. The number of hydrogen-bond donors (Lipinski definition) is 0. The number of benzene rings is 1. The van der Waals surface area contributed by atoms with Crippen LogP contribution in [0.25, 0.3) is 0 Å². The van der Waals surface area contributed by atoms with Crippen molar-refractivity contribution in [1.82, 2.24) is 15.0 Å². The molecule has 0 spiro atoms. The van der Waals surface area contributed by atoms with E-state index in [4.69, 9.17) is 14.0 Å². The highest BCUT2D eigenvalue weighted by Gasteiger charge is 2.33. The van der Waals surface area contributed by atoms with Gasteiger partial charge < -0.3 is 18.9 Å². The Kier molecular flexibility index (Phi) is 5.85. The Hall–Kier alpha value is -2.45. The number of carbonyl (C=O) groups excluding carboxylic acids is 1. The molecule has 140 valence electrons. The molecule has 1 fully saturated rings. The smallest absolute Gasteiger partial charge is 0.244 e. The first-order valence-corrected chi connectivity index (χ1v) is 8.62. The maximum absolute atomic E-state index is 12.8. The van der Waals surface area contributed by atoms with Crippen molar-refractivity contribution in [3.05, 3.63) is 36.0 Å². The minimum atomic E-state index is -0.264. The van der Waals surface area contributed by atoms with Crippen LogP contribution in [0.1, 0.15) is 18.6 Å². The molecule has 1 amide bonds. The van der Waals surface area contributed by atoms with Crippen molar-refractivity contribution in [3.8, 4) is 5.75 Å². The molecule has 2 heterocycles. The van der Waals surface area contributed by atoms with Gasteiger partial charge in [-0.25, -0.2) is 0 Å². The minimum Gasteiger partial charge on any atom is -0.497 e. The highest BCUT2D eigenvalue weighted by Crippen LogP contribution is 2.23. The zero-order valence-corrected chi connectivity index (χ0v) is 15.3. The van der Waals surface area contributed by atoms with Crippen LogP contribution in [0.15, 0.2) is 28.8 Å². The molecule has 0 unspecified atom stereocenters. The first kappa shape index (κ1) is 18.3. The fourth-order valence-electron chi connectivity index (χ4n) is 2.97. The van der Waals surface area contributed by atoms with Gasteiger partial charge in [0.05, 0.1) is 26.3 Å². The predicted octanol–water partition coefficient (Wildman–Crippen LogP) is 1.50. The lowest BCUT2D eigenvalue weighted by Gasteiger charge is -2.38. The molecule has 26 heavy (non-hydrogen) atoms. The molecule has 8 nitrogen and oxygen atoms in total. The summed E-state index contributed by atoms with van der Waals surface area (Å²) in [6.07, 6.45) is 0.611. The summed E-state index contributed by atoms with van der Waals surface area (Å²) in [7, 11) is 3.26. The first-order chi connectivity index (χ1) is 12.6. The molecule has 3 rings (SSSR count). The highest BCUT2D eigenvalue weighted by molar-refractivity contribution is 5.97. The zero-order chi connectivity index (χ0) is 18.5. The maximum Gasteiger partial charge on any atom is 0.244 e. The number of carbonyl (C=O) groups is 1. The Morgan fingerprint density at radius 1 is 1.23 bits per heavy atom. The Balaban J connectivity index is 1.62. The molecule has 0 saturated carbocycles. The van der Waals surface area contributed by atoms with Gasteiger partial charge in [0.25, 0.3) is 0 Å². The summed E-state index contributed by atoms with van der Waals surface area (Å²) in [5, 5.41) is 3.94. The van der Waals surface area contributed by atoms with E-state index in [0.717, 1.165) is 18.0 Å². The normalized spacial score (nSPS) is 18.3. The number of methoxy groups -OCH3 is 2. The van der Waals surface area contributed by atoms with E-state index < -0.39 is 0 Å².